The molecule has 2 heteroatoms. The number of rotatable bonds is 9. The molecule has 0 aliphatic heterocycles. The van der Waals surface area contributed by atoms with Crippen molar-refractivity contribution >= 4 is 0 Å². The average molecular weight is 264 g/mol. The smallest absolute Gasteiger partial charge is 0.122 e. The second kappa shape index (κ2) is 8.98. The van der Waals surface area contributed by atoms with Gasteiger partial charge in [-0.15, -0.1) is 0 Å². The summed E-state index contributed by atoms with van der Waals surface area (Å²) in [4.78, 5) is 0. The molecule has 1 aromatic rings. The van der Waals surface area contributed by atoms with Gasteiger partial charge in [-0.25, -0.2) is 0 Å². The molecule has 0 aromatic heterocycles. The van der Waals surface area contributed by atoms with E-state index in [2.05, 4.69) is 6.92 Å². The summed E-state index contributed by atoms with van der Waals surface area (Å²) in [6.45, 7) is 6.85. The molecule has 0 aliphatic carbocycles. The maximum atomic E-state index is 9.52. The molecular formula is C17H28O2. The van der Waals surface area contributed by atoms with Crippen LogP contribution in [-0.4, -0.2) is 11.7 Å². The number of hydrogen-bond donors (Lipinski definition) is 1. The Balaban J connectivity index is 2.26. The highest BCUT2D eigenvalue weighted by Gasteiger charge is 2.04. The minimum absolute atomic E-state index is 0.411. The molecule has 108 valence electrons. The van der Waals surface area contributed by atoms with Crippen LogP contribution in [0.3, 0.4) is 0 Å². The fraction of sp³-hybridized carbons (Fsp3) is 0.647. The van der Waals surface area contributed by atoms with Gasteiger partial charge in [0.05, 0.1) is 12.7 Å². The summed E-state index contributed by atoms with van der Waals surface area (Å²) in [5, 5.41) is 9.52. The Morgan fingerprint density at radius 2 is 1.79 bits per heavy atom. The maximum Gasteiger partial charge on any atom is 0.122 e. The molecule has 0 bridgehead atoms. The minimum atomic E-state index is -0.411. The summed E-state index contributed by atoms with van der Waals surface area (Å²) < 4.78 is 5.80. The lowest BCUT2D eigenvalue weighted by atomic mass is 10.1. The van der Waals surface area contributed by atoms with Gasteiger partial charge in [-0.2, -0.15) is 0 Å². The summed E-state index contributed by atoms with van der Waals surface area (Å²) in [5.74, 6) is 0.943. The van der Waals surface area contributed by atoms with E-state index in [-0.39, 0.29) is 0 Å². The zero-order valence-electron chi connectivity index (χ0n) is 12.6. The summed E-state index contributed by atoms with van der Waals surface area (Å²) in [6.07, 6.45) is 7.28. The van der Waals surface area contributed by atoms with E-state index in [0.29, 0.717) is 0 Å². The molecule has 0 amide bonds. The van der Waals surface area contributed by atoms with Crippen LogP contribution < -0.4 is 4.74 Å². The van der Waals surface area contributed by atoms with Crippen molar-refractivity contribution < 1.29 is 9.84 Å². The van der Waals surface area contributed by atoms with Gasteiger partial charge in [0, 0.05) is 0 Å². The van der Waals surface area contributed by atoms with Gasteiger partial charge in [0.15, 0.2) is 0 Å². The summed E-state index contributed by atoms with van der Waals surface area (Å²) in [7, 11) is 0. The molecule has 0 saturated carbocycles. The van der Waals surface area contributed by atoms with Crippen molar-refractivity contribution in [2.45, 2.75) is 65.4 Å². The highest BCUT2D eigenvalue weighted by atomic mass is 16.5. The lowest BCUT2D eigenvalue weighted by Crippen LogP contribution is -2.00. The molecule has 1 rings (SSSR count). The van der Waals surface area contributed by atoms with E-state index in [0.717, 1.165) is 29.9 Å². The molecule has 0 fully saturated rings. The first kappa shape index (κ1) is 16.0. The van der Waals surface area contributed by atoms with Crippen LogP contribution in [0.25, 0.3) is 0 Å². The monoisotopic (exact) mass is 264 g/mol. The van der Waals surface area contributed by atoms with Gasteiger partial charge >= 0.3 is 0 Å². The molecule has 0 heterocycles. The van der Waals surface area contributed by atoms with Crippen molar-refractivity contribution in [3.8, 4) is 5.75 Å². The number of ether oxygens (including phenoxy) is 1. The highest BCUT2D eigenvalue weighted by Crippen LogP contribution is 2.22. The van der Waals surface area contributed by atoms with E-state index in [4.69, 9.17) is 4.74 Å². The van der Waals surface area contributed by atoms with Crippen molar-refractivity contribution in [3.63, 3.8) is 0 Å². The maximum absolute atomic E-state index is 9.52. The van der Waals surface area contributed by atoms with Crippen LogP contribution in [0.4, 0.5) is 0 Å². The topological polar surface area (TPSA) is 29.5 Å². The van der Waals surface area contributed by atoms with E-state index >= 15 is 0 Å². The van der Waals surface area contributed by atoms with E-state index in [1.54, 1.807) is 6.92 Å². The van der Waals surface area contributed by atoms with Crippen LogP contribution in [0.15, 0.2) is 18.2 Å². The molecule has 1 atom stereocenters. The summed E-state index contributed by atoms with van der Waals surface area (Å²) >= 11 is 0. The van der Waals surface area contributed by atoms with Gasteiger partial charge in [-0.05, 0) is 43.5 Å². The van der Waals surface area contributed by atoms with Gasteiger partial charge in [0.25, 0.3) is 0 Å². The van der Waals surface area contributed by atoms with Crippen LogP contribution >= 0.6 is 0 Å². The number of hydrogen-bond acceptors (Lipinski definition) is 2. The number of unbranched alkanes of at least 4 members (excludes halogenated alkanes) is 5. The van der Waals surface area contributed by atoms with Crippen molar-refractivity contribution in [1.82, 2.24) is 0 Å². The normalized spacial score (nSPS) is 12.4. The number of benzene rings is 1. The first-order valence-electron chi connectivity index (χ1n) is 7.56. The third-order valence-corrected chi connectivity index (χ3v) is 3.44. The highest BCUT2D eigenvalue weighted by molar-refractivity contribution is 5.36. The van der Waals surface area contributed by atoms with Crippen molar-refractivity contribution in [3.05, 3.63) is 29.3 Å². The van der Waals surface area contributed by atoms with Crippen molar-refractivity contribution in [2.24, 2.45) is 0 Å². The van der Waals surface area contributed by atoms with Gasteiger partial charge in [0.2, 0.25) is 0 Å². The van der Waals surface area contributed by atoms with E-state index in [1.807, 2.05) is 25.1 Å². The van der Waals surface area contributed by atoms with Crippen LogP contribution in [0.5, 0.6) is 5.75 Å². The largest absolute Gasteiger partial charge is 0.493 e. The Kier molecular flexibility index (Phi) is 7.57. The molecule has 2 nitrogen and oxygen atoms in total. The lowest BCUT2D eigenvalue weighted by molar-refractivity contribution is 0.199. The van der Waals surface area contributed by atoms with Crippen LogP contribution in [-0.2, 0) is 0 Å². The second-order valence-corrected chi connectivity index (χ2v) is 5.32. The molecule has 1 aromatic carbocycles. The molecule has 1 N–H and O–H groups in total. The Bertz CT molecular complexity index is 358. The van der Waals surface area contributed by atoms with E-state index in [1.165, 1.54) is 32.1 Å². The average Bonchev–Trinajstić information content (AvgIpc) is 2.39. The zero-order chi connectivity index (χ0) is 14.1. The van der Waals surface area contributed by atoms with Gasteiger partial charge in [0.1, 0.15) is 5.75 Å². The molecule has 19 heavy (non-hydrogen) atoms. The number of aliphatic hydroxyl groups is 1. The number of aryl methyl sites for hydroxylation is 1. The number of aliphatic hydroxyl groups excluding tert-OH is 1. The Hall–Kier alpha value is -1.02. The van der Waals surface area contributed by atoms with Gasteiger partial charge in [-0.3, -0.25) is 0 Å². The minimum Gasteiger partial charge on any atom is -0.493 e. The second-order valence-electron chi connectivity index (χ2n) is 5.32. The Labute approximate surface area is 117 Å². The third kappa shape index (κ3) is 6.11. The molecule has 0 spiro atoms. The zero-order valence-corrected chi connectivity index (χ0v) is 12.6. The van der Waals surface area contributed by atoms with Crippen molar-refractivity contribution in [2.75, 3.05) is 6.61 Å². The SMILES string of the molecule is CCCCCCCCOc1ccc(C(C)O)cc1C. The fourth-order valence-electron chi connectivity index (χ4n) is 2.16. The van der Waals surface area contributed by atoms with Crippen LogP contribution in [0.2, 0.25) is 0 Å². The Morgan fingerprint density at radius 1 is 1.11 bits per heavy atom. The fourth-order valence-corrected chi connectivity index (χ4v) is 2.16. The first-order valence-corrected chi connectivity index (χ1v) is 7.56. The Morgan fingerprint density at radius 3 is 2.42 bits per heavy atom. The predicted molar refractivity (Wildman–Crippen MR) is 80.7 cm³/mol. The molecule has 0 saturated heterocycles. The lowest BCUT2D eigenvalue weighted by Gasteiger charge is -2.12. The standard InChI is InChI=1S/C17H28O2/c1-4-5-6-7-8-9-12-19-17-11-10-16(15(3)18)13-14(17)2/h10-11,13,15,18H,4-9,12H2,1-3H3. The summed E-state index contributed by atoms with van der Waals surface area (Å²) in [6, 6.07) is 5.91. The van der Waals surface area contributed by atoms with Crippen LogP contribution in [0.1, 0.15) is 69.6 Å². The van der Waals surface area contributed by atoms with E-state index in [9.17, 15) is 5.11 Å². The molecule has 1 unspecified atom stereocenters. The molecular weight excluding hydrogens is 236 g/mol. The molecule has 0 radical (unpaired) electrons. The molecule has 0 aliphatic rings. The van der Waals surface area contributed by atoms with Gasteiger partial charge < -0.3 is 9.84 Å². The third-order valence-electron chi connectivity index (χ3n) is 3.44. The van der Waals surface area contributed by atoms with Gasteiger partial charge in [-0.1, -0.05) is 45.1 Å². The predicted octanol–water partition coefficient (Wildman–Crippen LogP) is 4.79. The quantitative estimate of drug-likeness (QED) is 0.650. The summed E-state index contributed by atoms with van der Waals surface area (Å²) in [5.41, 5.74) is 2.05. The van der Waals surface area contributed by atoms with Crippen LogP contribution in [0, 0.1) is 6.92 Å². The first-order chi connectivity index (χ1) is 9.15. The van der Waals surface area contributed by atoms with E-state index < -0.39 is 6.10 Å². The van der Waals surface area contributed by atoms with Crippen molar-refractivity contribution in [1.29, 1.82) is 0 Å².